The van der Waals surface area contributed by atoms with E-state index in [0.717, 1.165) is 6.42 Å². The van der Waals surface area contributed by atoms with Crippen molar-refractivity contribution in [1.82, 2.24) is 4.90 Å². The molecule has 1 rings (SSSR count). The van der Waals surface area contributed by atoms with E-state index in [0.29, 0.717) is 32.3 Å². The molecule has 3 nitrogen and oxygen atoms in total. The Morgan fingerprint density at radius 2 is 1.82 bits per heavy atom. The lowest BCUT2D eigenvalue weighted by Gasteiger charge is -2.39. The van der Waals surface area contributed by atoms with Crippen LogP contribution in [0.3, 0.4) is 0 Å². The molecule has 0 amide bonds. The van der Waals surface area contributed by atoms with Crippen molar-refractivity contribution in [2.45, 2.75) is 45.3 Å². The van der Waals surface area contributed by atoms with Gasteiger partial charge in [-0.25, -0.2) is 4.39 Å². The van der Waals surface area contributed by atoms with Gasteiger partial charge in [-0.2, -0.15) is 5.26 Å². The van der Waals surface area contributed by atoms with Gasteiger partial charge in [0.2, 0.25) is 0 Å². The van der Waals surface area contributed by atoms with E-state index in [1.54, 1.807) is 12.1 Å². The summed E-state index contributed by atoms with van der Waals surface area (Å²) in [7, 11) is 0.500. The maximum atomic E-state index is 12.9. The molecule has 1 N–H and O–H groups in total. The minimum atomic E-state index is -0.680. The van der Waals surface area contributed by atoms with Gasteiger partial charge in [-0.1, -0.05) is 19.1 Å². The normalized spacial score (nSPS) is 12.3. The first-order valence-electron chi connectivity index (χ1n) is 7.34. The van der Waals surface area contributed by atoms with Gasteiger partial charge in [0.25, 0.3) is 0 Å². The van der Waals surface area contributed by atoms with Crippen molar-refractivity contribution >= 4 is 0 Å². The fourth-order valence-corrected chi connectivity index (χ4v) is 2.05. The first-order valence-corrected chi connectivity index (χ1v) is 7.34. The van der Waals surface area contributed by atoms with Crippen LogP contribution in [-0.4, -0.2) is 35.8 Å². The smallest absolute Gasteiger partial charge is 0.123 e. The summed E-state index contributed by atoms with van der Waals surface area (Å²) >= 11 is 0. The summed E-state index contributed by atoms with van der Waals surface area (Å²) in [5.41, 5.74) is 0.609. The average Bonchev–Trinajstić information content (AvgIpc) is 2.53. The van der Waals surface area contributed by atoms with E-state index >= 15 is 0 Å². The Bertz CT molecular complexity index is 455. The molecule has 124 valence electrons. The Morgan fingerprint density at radius 3 is 2.27 bits per heavy atom. The SMILES string of the molecule is CCC(C)(C)N(CCC#N)CC(O)c1ccc(F)cc1.CF. The highest BCUT2D eigenvalue weighted by Gasteiger charge is 2.26. The molecule has 0 heterocycles. The first kappa shape index (κ1) is 20.5. The van der Waals surface area contributed by atoms with Crippen LogP contribution >= 0.6 is 0 Å². The molecule has 1 aromatic carbocycles. The lowest BCUT2D eigenvalue weighted by molar-refractivity contribution is 0.0492. The summed E-state index contributed by atoms with van der Waals surface area (Å²) in [4.78, 5) is 2.12. The van der Waals surface area contributed by atoms with Crippen molar-refractivity contribution in [2.24, 2.45) is 0 Å². The van der Waals surface area contributed by atoms with Crippen molar-refractivity contribution in [1.29, 1.82) is 5.26 Å². The maximum Gasteiger partial charge on any atom is 0.123 e. The van der Waals surface area contributed by atoms with Crippen molar-refractivity contribution in [3.63, 3.8) is 0 Å². The molecule has 0 radical (unpaired) electrons. The lowest BCUT2D eigenvalue weighted by atomic mass is 9.97. The third-order valence-electron chi connectivity index (χ3n) is 3.86. The molecule has 0 aliphatic carbocycles. The molecule has 0 aliphatic heterocycles. The molecular weight excluding hydrogens is 286 g/mol. The maximum absolute atomic E-state index is 12.9. The van der Waals surface area contributed by atoms with Gasteiger partial charge in [0.05, 0.1) is 19.4 Å². The Kier molecular flexibility index (Phi) is 9.55. The number of hydrogen-bond donors (Lipinski definition) is 1. The molecular formula is C17H26F2N2O. The molecule has 0 aromatic heterocycles. The van der Waals surface area contributed by atoms with Crippen LogP contribution < -0.4 is 0 Å². The van der Waals surface area contributed by atoms with Gasteiger partial charge in [-0.05, 0) is 38.0 Å². The molecule has 0 bridgehead atoms. The van der Waals surface area contributed by atoms with Crippen LogP contribution in [0.2, 0.25) is 0 Å². The van der Waals surface area contributed by atoms with Crippen molar-refractivity contribution < 1.29 is 13.9 Å². The Balaban J connectivity index is 0.00000211. The van der Waals surface area contributed by atoms with E-state index in [9.17, 15) is 13.9 Å². The molecule has 0 saturated carbocycles. The van der Waals surface area contributed by atoms with Crippen LogP contribution in [0.1, 0.15) is 45.3 Å². The number of aliphatic hydroxyl groups is 1. The molecule has 1 unspecified atom stereocenters. The number of halogens is 2. The second-order valence-electron chi connectivity index (χ2n) is 5.59. The highest BCUT2D eigenvalue weighted by atomic mass is 19.1. The van der Waals surface area contributed by atoms with Gasteiger partial charge in [0.15, 0.2) is 0 Å². The molecule has 22 heavy (non-hydrogen) atoms. The van der Waals surface area contributed by atoms with Crippen molar-refractivity contribution in [3.8, 4) is 6.07 Å². The van der Waals surface area contributed by atoms with Crippen LogP contribution in [0, 0.1) is 17.1 Å². The number of aliphatic hydroxyl groups excluding tert-OH is 1. The summed E-state index contributed by atoms with van der Waals surface area (Å²) < 4.78 is 22.4. The van der Waals surface area contributed by atoms with E-state index in [1.807, 2.05) is 0 Å². The second kappa shape index (κ2) is 10.3. The molecule has 0 saturated heterocycles. The Morgan fingerprint density at radius 1 is 1.27 bits per heavy atom. The highest BCUT2D eigenvalue weighted by molar-refractivity contribution is 5.18. The quantitative estimate of drug-likeness (QED) is 0.832. The summed E-state index contributed by atoms with van der Waals surface area (Å²) in [6, 6.07) is 8.04. The van der Waals surface area contributed by atoms with E-state index in [2.05, 4.69) is 31.7 Å². The van der Waals surface area contributed by atoms with Crippen molar-refractivity contribution in [2.75, 3.05) is 20.3 Å². The summed E-state index contributed by atoms with van der Waals surface area (Å²) in [6.45, 7) is 7.34. The zero-order valence-corrected chi connectivity index (χ0v) is 13.8. The average molecular weight is 312 g/mol. The van der Waals surface area contributed by atoms with Crippen LogP contribution in [0.5, 0.6) is 0 Å². The van der Waals surface area contributed by atoms with Crippen LogP contribution in [-0.2, 0) is 0 Å². The largest absolute Gasteiger partial charge is 0.387 e. The molecule has 0 aliphatic rings. The zero-order valence-electron chi connectivity index (χ0n) is 13.8. The van der Waals surface area contributed by atoms with E-state index in [4.69, 9.17) is 5.26 Å². The third-order valence-corrected chi connectivity index (χ3v) is 3.86. The fraction of sp³-hybridized carbons (Fsp3) is 0.588. The number of benzene rings is 1. The number of β-amino-alcohol motifs (C(OH)–C–C–N with tert-alkyl or cyclic N) is 1. The number of rotatable bonds is 7. The van der Waals surface area contributed by atoms with Crippen LogP contribution in [0.15, 0.2) is 24.3 Å². The van der Waals surface area contributed by atoms with Crippen LogP contribution in [0.25, 0.3) is 0 Å². The summed E-state index contributed by atoms with van der Waals surface area (Å²) in [5.74, 6) is -0.309. The number of hydrogen-bond acceptors (Lipinski definition) is 3. The standard InChI is InChI=1S/C16H23FN2O.CH3F/c1-4-16(2,3)19(11-5-10-18)12-15(20)13-6-8-14(17)9-7-13;1-2/h6-9,15,20H,4-5,11-12H2,1-3H3;1H3. The van der Waals surface area contributed by atoms with Crippen LogP contribution in [0.4, 0.5) is 8.78 Å². The Hall–Kier alpha value is -1.51. The predicted octanol–water partition coefficient (Wildman–Crippen LogP) is 3.85. The summed E-state index contributed by atoms with van der Waals surface area (Å²) in [5, 5.41) is 19.0. The van der Waals surface area contributed by atoms with E-state index in [-0.39, 0.29) is 11.4 Å². The highest BCUT2D eigenvalue weighted by Crippen LogP contribution is 2.23. The predicted molar refractivity (Wildman–Crippen MR) is 84.6 cm³/mol. The van der Waals surface area contributed by atoms with Gasteiger partial charge in [-0.15, -0.1) is 0 Å². The third kappa shape index (κ3) is 6.50. The number of nitrogens with zero attached hydrogens (tertiary/aromatic N) is 2. The number of alkyl halides is 1. The first-order chi connectivity index (χ1) is 10.4. The van der Waals surface area contributed by atoms with Gasteiger partial charge < -0.3 is 5.11 Å². The number of nitriles is 1. The monoisotopic (exact) mass is 312 g/mol. The zero-order chi connectivity index (χ0) is 17.2. The fourth-order valence-electron chi connectivity index (χ4n) is 2.05. The Labute approximate surface area is 132 Å². The van der Waals surface area contributed by atoms with E-state index in [1.165, 1.54) is 12.1 Å². The van der Waals surface area contributed by atoms with Gasteiger partial charge >= 0.3 is 0 Å². The van der Waals surface area contributed by atoms with Gasteiger partial charge in [-0.3, -0.25) is 9.29 Å². The van der Waals surface area contributed by atoms with Crippen molar-refractivity contribution in [3.05, 3.63) is 35.6 Å². The molecule has 5 heteroatoms. The topological polar surface area (TPSA) is 47.3 Å². The molecule has 0 spiro atoms. The minimum Gasteiger partial charge on any atom is -0.387 e. The minimum absolute atomic E-state index is 0.0855. The molecule has 1 aromatic rings. The van der Waals surface area contributed by atoms with Gasteiger partial charge in [0, 0.05) is 25.0 Å². The second-order valence-corrected chi connectivity index (χ2v) is 5.59. The summed E-state index contributed by atoms with van der Waals surface area (Å²) in [6.07, 6.45) is 0.675. The molecule has 0 fully saturated rings. The van der Waals surface area contributed by atoms with E-state index < -0.39 is 6.10 Å². The van der Waals surface area contributed by atoms with Gasteiger partial charge in [0.1, 0.15) is 5.82 Å². The molecule has 1 atom stereocenters. The lowest BCUT2D eigenvalue weighted by Crippen LogP contribution is -2.46.